The van der Waals surface area contributed by atoms with Gasteiger partial charge in [-0.3, -0.25) is 0 Å². The van der Waals surface area contributed by atoms with Gasteiger partial charge in [0.05, 0.1) is 0 Å². The molecule has 1 N–H and O–H groups in total. The van der Waals surface area contributed by atoms with Crippen molar-refractivity contribution in [3.63, 3.8) is 0 Å². The van der Waals surface area contributed by atoms with Crippen molar-refractivity contribution in [2.24, 2.45) is 0 Å². The molecule has 0 aliphatic heterocycles. The number of hydrogen-bond donors (Lipinski definition) is 1. The summed E-state index contributed by atoms with van der Waals surface area (Å²) in [6.45, 7) is 5.88. The molecule has 0 radical (unpaired) electrons. The molecule has 0 spiro atoms. The third-order valence-corrected chi connectivity index (χ3v) is 2.33. The van der Waals surface area contributed by atoms with Crippen LogP contribution in [0.4, 0.5) is 13.2 Å². The lowest BCUT2D eigenvalue weighted by atomic mass is 10.1. The van der Waals surface area contributed by atoms with Crippen LogP contribution in [0.2, 0.25) is 0 Å². The van der Waals surface area contributed by atoms with E-state index in [2.05, 4.69) is 5.32 Å². The van der Waals surface area contributed by atoms with Crippen molar-refractivity contribution in [2.75, 3.05) is 6.54 Å². The van der Waals surface area contributed by atoms with Crippen LogP contribution in [0.25, 0.3) is 0 Å². The summed E-state index contributed by atoms with van der Waals surface area (Å²) in [5, 5.41) is 2.98. The Morgan fingerprint density at radius 3 is 2.47 bits per heavy atom. The SMILES string of the molecule is CC(C)(C)NCC(F)Cc1cccc(F)c1F. The van der Waals surface area contributed by atoms with Crippen LogP contribution in [0.5, 0.6) is 0 Å². The summed E-state index contributed by atoms with van der Waals surface area (Å²) < 4.78 is 39.7. The number of rotatable bonds is 4. The first kappa shape index (κ1) is 14.0. The minimum Gasteiger partial charge on any atom is -0.309 e. The van der Waals surface area contributed by atoms with Gasteiger partial charge in [-0.15, -0.1) is 0 Å². The molecule has 0 fully saturated rings. The molecule has 1 aromatic rings. The third kappa shape index (κ3) is 4.77. The van der Waals surface area contributed by atoms with Gasteiger partial charge in [0.15, 0.2) is 11.6 Å². The molecule has 17 heavy (non-hydrogen) atoms. The fourth-order valence-electron chi connectivity index (χ4n) is 1.43. The molecule has 0 aromatic heterocycles. The lowest BCUT2D eigenvalue weighted by Gasteiger charge is -2.22. The Balaban J connectivity index is 2.56. The van der Waals surface area contributed by atoms with Crippen LogP contribution in [0.3, 0.4) is 0 Å². The quantitative estimate of drug-likeness (QED) is 0.858. The minimum absolute atomic E-state index is 0.0770. The van der Waals surface area contributed by atoms with Crippen LogP contribution < -0.4 is 5.32 Å². The van der Waals surface area contributed by atoms with Gasteiger partial charge in [-0.05, 0) is 32.4 Å². The van der Waals surface area contributed by atoms with Crippen LogP contribution in [-0.2, 0) is 6.42 Å². The van der Waals surface area contributed by atoms with Crippen LogP contribution >= 0.6 is 0 Å². The van der Waals surface area contributed by atoms with Crippen molar-refractivity contribution in [1.82, 2.24) is 5.32 Å². The molecule has 1 atom stereocenters. The van der Waals surface area contributed by atoms with Gasteiger partial charge in [-0.1, -0.05) is 12.1 Å². The molecule has 0 amide bonds. The Morgan fingerprint density at radius 2 is 1.88 bits per heavy atom. The lowest BCUT2D eigenvalue weighted by molar-refractivity contribution is 0.282. The Morgan fingerprint density at radius 1 is 1.24 bits per heavy atom. The average molecular weight is 245 g/mol. The monoisotopic (exact) mass is 245 g/mol. The molecule has 1 unspecified atom stereocenters. The predicted molar refractivity (Wildman–Crippen MR) is 62.7 cm³/mol. The zero-order chi connectivity index (χ0) is 13.1. The smallest absolute Gasteiger partial charge is 0.162 e. The van der Waals surface area contributed by atoms with Gasteiger partial charge in [0, 0.05) is 18.5 Å². The highest BCUT2D eigenvalue weighted by Crippen LogP contribution is 2.14. The number of hydrogen-bond acceptors (Lipinski definition) is 1. The van der Waals surface area contributed by atoms with Crippen LogP contribution in [-0.4, -0.2) is 18.3 Å². The Bertz CT molecular complexity index is 371. The highest BCUT2D eigenvalue weighted by Gasteiger charge is 2.16. The van der Waals surface area contributed by atoms with Crippen LogP contribution in [0, 0.1) is 11.6 Å². The number of halogens is 3. The van der Waals surface area contributed by atoms with E-state index in [0.717, 1.165) is 6.07 Å². The highest BCUT2D eigenvalue weighted by molar-refractivity contribution is 5.19. The van der Waals surface area contributed by atoms with Gasteiger partial charge in [0.1, 0.15) is 6.17 Å². The number of alkyl halides is 1. The van der Waals surface area contributed by atoms with E-state index in [4.69, 9.17) is 0 Å². The molecular weight excluding hydrogens is 227 g/mol. The van der Waals surface area contributed by atoms with Crippen molar-refractivity contribution in [2.45, 2.75) is 38.9 Å². The van der Waals surface area contributed by atoms with E-state index in [-0.39, 0.29) is 24.1 Å². The van der Waals surface area contributed by atoms with Crippen molar-refractivity contribution in [3.8, 4) is 0 Å². The Kier molecular flexibility index (Phi) is 4.57. The summed E-state index contributed by atoms with van der Waals surface area (Å²) in [4.78, 5) is 0. The summed E-state index contributed by atoms with van der Waals surface area (Å²) in [6, 6.07) is 3.82. The highest BCUT2D eigenvalue weighted by atomic mass is 19.2. The largest absolute Gasteiger partial charge is 0.309 e. The number of benzene rings is 1. The lowest BCUT2D eigenvalue weighted by Crippen LogP contribution is -2.40. The topological polar surface area (TPSA) is 12.0 Å². The van der Waals surface area contributed by atoms with E-state index in [0.29, 0.717) is 0 Å². The fourth-order valence-corrected chi connectivity index (χ4v) is 1.43. The Labute approximate surface area is 100 Å². The van der Waals surface area contributed by atoms with Gasteiger partial charge >= 0.3 is 0 Å². The first-order valence-electron chi connectivity index (χ1n) is 5.61. The van der Waals surface area contributed by atoms with Crippen LogP contribution in [0.15, 0.2) is 18.2 Å². The molecule has 0 aliphatic carbocycles. The second-order valence-electron chi connectivity index (χ2n) is 5.15. The Hall–Kier alpha value is -1.03. The van der Waals surface area contributed by atoms with Crippen molar-refractivity contribution < 1.29 is 13.2 Å². The van der Waals surface area contributed by atoms with Gasteiger partial charge in [-0.25, -0.2) is 13.2 Å². The van der Waals surface area contributed by atoms with Crippen molar-refractivity contribution in [1.29, 1.82) is 0 Å². The zero-order valence-corrected chi connectivity index (χ0v) is 10.4. The molecule has 0 saturated heterocycles. The summed E-state index contributed by atoms with van der Waals surface area (Å²) in [5.74, 6) is -1.88. The maximum Gasteiger partial charge on any atom is 0.162 e. The standard InChI is InChI=1S/C13H18F3N/c1-13(2,3)17-8-10(14)7-9-5-4-6-11(15)12(9)16/h4-6,10,17H,7-8H2,1-3H3. The van der Waals surface area contributed by atoms with Crippen molar-refractivity contribution in [3.05, 3.63) is 35.4 Å². The molecule has 4 heteroatoms. The van der Waals surface area contributed by atoms with Gasteiger partial charge in [0.25, 0.3) is 0 Å². The fraction of sp³-hybridized carbons (Fsp3) is 0.538. The minimum atomic E-state index is -1.23. The summed E-state index contributed by atoms with van der Waals surface area (Å²) in [7, 11) is 0. The molecule has 1 aromatic carbocycles. The first-order valence-corrected chi connectivity index (χ1v) is 5.61. The van der Waals surface area contributed by atoms with E-state index >= 15 is 0 Å². The van der Waals surface area contributed by atoms with E-state index in [1.165, 1.54) is 12.1 Å². The normalized spacial score (nSPS) is 13.8. The van der Waals surface area contributed by atoms with Crippen molar-refractivity contribution >= 4 is 0 Å². The second kappa shape index (κ2) is 5.54. The molecule has 1 nitrogen and oxygen atoms in total. The molecule has 96 valence electrons. The van der Waals surface area contributed by atoms with Crippen LogP contribution in [0.1, 0.15) is 26.3 Å². The van der Waals surface area contributed by atoms with E-state index < -0.39 is 17.8 Å². The first-order chi connectivity index (χ1) is 7.79. The van der Waals surface area contributed by atoms with Gasteiger partial charge < -0.3 is 5.32 Å². The zero-order valence-electron chi connectivity index (χ0n) is 10.4. The van der Waals surface area contributed by atoms with Gasteiger partial charge in [-0.2, -0.15) is 0 Å². The van der Waals surface area contributed by atoms with Gasteiger partial charge in [0.2, 0.25) is 0 Å². The molecule has 1 rings (SSSR count). The summed E-state index contributed by atoms with van der Waals surface area (Å²) in [6.07, 6.45) is -1.35. The molecule has 0 heterocycles. The third-order valence-electron chi connectivity index (χ3n) is 2.33. The summed E-state index contributed by atoms with van der Waals surface area (Å²) in [5.41, 5.74) is -0.113. The second-order valence-corrected chi connectivity index (χ2v) is 5.15. The maximum absolute atomic E-state index is 13.6. The summed E-state index contributed by atoms with van der Waals surface area (Å²) >= 11 is 0. The molecule has 0 aliphatic rings. The average Bonchev–Trinajstić information content (AvgIpc) is 2.21. The van der Waals surface area contributed by atoms with E-state index in [1.807, 2.05) is 20.8 Å². The van der Waals surface area contributed by atoms with E-state index in [9.17, 15) is 13.2 Å². The molecule has 0 bridgehead atoms. The molecule has 0 saturated carbocycles. The number of nitrogens with one attached hydrogen (secondary N) is 1. The maximum atomic E-state index is 13.6. The molecular formula is C13H18F3N. The predicted octanol–water partition coefficient (Wildman–Crippen LogP) is 3.23. The van der Waals surface area contributed by atoms with E-state index in [1.54, 1.807) is 0 Å².